The van der Waals surface area contributed by atoms with Crippen LogP contribution in [0.15, 0.2) is 24.3 Å². The van der Waals surface area contributed by atoms with Crippen LogP contribution in [0.2, 0.25) is 0 Å². The molecular weight excluding hydrogens is 179 g/mol. The highest BCUT2D eigenvalue weighted by Crippen LogP contribution is 2.05. The van der Waals surface area contributed by atoms with Crippen LogP contribution in [0.5, 0.6) is 0 Å². The zero-order valence-corrected chi connectivity index (χ0v) is 8.68. The van der Waals surface area contributed by atoms with Crippen molar-refractivity contribution in [2.45, 2.75) is 19.5 Å². The molecule has 2 N–H and O–H groups in total. The van der Waals surface area contributed by atoms with Crippen molar-refractivity contribution in [1.82, 2.24) is 10.6 Å². The molecule has 0 aliphatic carbocycles. The molecule has 1 unspecified atom stereocenters. The summed E-state index contributed by atoms with van der Waals surface area (Å²) in [5.41, 5.74) is 0.718. The Morgan fingerprint density at radius 1 is 1.36 bits per heavy atom. The van der Waals surface area contributed by atoms with E-state index in [0.29, 0.717) is 12.6 Å². The molecule has 1 atom stereocenters. The third-order valence-corrected chi connectivity index (χ3v) is 2.11. The molecule has 14 heavy (non-hydrogen) atoms. The minimum Gasteiger partial charge on any atom is -0.318 e. The quantitative estimate of drug-likeness (QED) is 0.746. The topological polar surface area (TPSA) is 24.1 Å². The summed E-state index contributed by atoms with van der Waals surface area (Å²) < 4.78 is 13.2. The van der Waals surface area contributed by atoms with Crippen LogP contribution in [0.3, 0.4) is 0 Å². The van der Waals surface area contributed by atoms with Crippen LogP contribution >= 0.6 is 0 Å². The Kier molecular flexibility index (Phi) is 4.56. The molecule has 0 radical (unpaired) electrons. The van der Waals surface area contributed by atoms with Crippen molar-refractivity contribution in [3.63, 3.8) is 0 Å². The molecule has 78 valence electrons. The third kappa shape index (κ3) is 3.44. The standard InChI is InChI=1S/C11H17FN2/c1-9(7-13-2)14-8-10-5-3-4-6-11(10)12/h3-6,9,13-14H,7-8H2,1-2H3. The van der Waals surface area contributed by atoms with Gasteiger partial charge in [0, 0.05) is 24.7 Å². The molecule has 0 saturated heterocycles. The molecular formula is C11H17FN2. The molecule has 0 amide bonds. The van der Waals surface area contributed by atoms with Gasteiger partial charge in [-0.2, -0.15) is 0 Å². The fourth-order valence-corrected chi connectivity index (χ4v) is 1.30. The van der Waals surface area contributed by atoms with Crippen molar-refractivity contribution in [3.8, 4) is 0 Å². The van der Waals surface area contributed by atoms with Gasteiger partial charge in [-0.05, 0) is 20.0 Å². The fourth-order valence-electron chi connectivity index (χ4n) is 1.30. The molecule has 0 spiro atoms. The molecule has 1 aromatic carbocycles. The second-order valence-corrected chi connectivity index (χ2v) is 3.43. The van der Waals surface area contributed by atoms with Crippen LogP contribution in [0.25, 0.3) is 0 Å². The van der Waals surface area contributed by atoms with Gasteiger partial charge < -0.3 is 10.6 Å². The molecule has 1 aromatic rings. The number of hydrogen-bond acceptors (Lipinski definition) is 2. The number of hydrogen-bond donors (Lipinski definition) is 2. The van der Waals surface area contributed by atoms with Crippen molar-refractivity contribution in [2.24, 2.45) is 0 Å². The van der Waals surface area contributed by atoms with Crippen molar-refractivity contribution >= 4 is 0 Å². The van der Waals surface area contributed by atoms with Gasteiger partial charge in [0.05, 0.1) is 0 Å². The van der Waals surface area contributed by atoms with Crippen molar-refractivity contribution in [1.29, 1.82) is 0 Å². The second-order valence-electron chi connectivity index (χ2n) is 3.43. The Bertz CT molecular complexity index is 276. The Balaban J connectivity index is 2.41. The number of rotatable bonds is 5. The summed E-state index contributed by atoms with van der Waals surface area (Å²) in [6, 6.07) is 7.19. The highest BCUT2D eigenvalue weighted by Gasteiger charge is 2.02. The van der Waals surface area contributed by atoms with Gasteiger partial charge >= 0.3 is 0 Å². The first-order valence-electron chi connectivity index (χ1n) is 4.85. The summed E-state index contributed by atoms with van der Waals surface area (Å²) in [5.74, 6) is -0.142. The lowest BCUT2D eigenvalue weighted by atomic mass is 10.2. The van der Waals surface area contributed by atoms with Gasteiger partial charge in [0.25, 0.3) is 0 Å². The molecule has 0 aliphatic heterocycles. The Labute approximate surface area is 84.5 Å². The van der Waals surface area contributed by atoms with E-state index in [4.69, 9.17) is 0 Å². The maximum Gasteiger partial charge on any atom is 0.127 e. The van der Waals surface area contributed by atoms with Crippen LogP contribution in [0.1, 0.15) is 12.5 Å². The van der Waals surface area contributed by atoms with E-state index in [1.165, 1.54) is 6.07 Å². The molecule has 0 heterocycles. The van der Waals surface area contributed by atoms with E-state index in [0.717, 1.165) is 12.1 Å². The normalized spacial score (nSPS) is 12.8. The van der Waals surface area contributed by atoms with Gasteiger partial charge in [-0.3, -0.25) is 0 Å². The lowest BCUT2D eigenvalue weighted by Gasteiger charge is -2.13. The lowest BCUT2D eigenvalue weighted by Crippen LogP contribution is -2.34. The third-order valence-electron chi connectivity index (χ3n) is 2.11. The van der Waals surface area contributed by atoms with Crippen LogP contribution < -0.4 is 10.6 Å². The first-order valence-corrected chi connectivity index (χ1v) is 4.85. The van der Waals surface area contributed by atoms with E-state index in [9.17, 15) is 4.39 Å². The molecule has 0 saturated carbocycles. The van der Waals surface area contributed by atoms with E-state index in [-0.39, 0.29) is 5.82 Å². The van der Waals surface area contributed by atoms with Gasteiger partial charge in [0.15, 0.2) is 0 Å². The average molecular weight is 196 g/mol. The second kappa shape index (κ2) is 5.73. The van der Waals surface area contributed by atoms with E-state index in [1.54, 1.807) is 12.1 Å². The van der Waals surface area contributed by atoms with E-state index in [2.05, 4.69) is 17.6 Å². The molecule has 3 heteroatoms. The first kappa shape index (κ1) is 11.1. The van der Waals surface area contributed by atoms with Crippen molar-refractivity contribution < 1.29 is 4.39 Å². The van der Waals surface area contributed by atoms with Crippen molar-refractivity contribution in [3.05, 3.63) is 35.6 Å². The maximum atomic E-state index is 13.2. The van der Waals surface area contributed by atoms with Crippen molar-refractivity contribution in [2.75, 3.05) is 13.6 Å². The Morgan fingerprint density at radius 2 is 2.07 bits per heavy atom. The molecule has 1 rings (SSSR count). The van der Waals surface area contributed by atoms with E-state index in [1.807, 2.05) is 13.1 Å². The number of halogens is 1. The monoisotopic (exact) mass is 196 g/mol. The molecule has 0 aliphatic rings. The Hall–Kier alpha value is -0.930. The Morgan fingerprint density at radius 3 is 2.71 bits per heavy atom. The summed E-state index contributed by atoms with van der Waals surface area (Å²) in [6.07, 6.45) is 0. The number of nitrogens with one attached hydrogen (secondary N) is 2. The zero-order valence-electron chi connectivity index (χ0n) is 8.68. The zero-order chi connectivity index (χ0) is 10.4. The first-order chi connectivity index (χ1) is 6.74. The number of benzene rings is 1. The predicted octanol–water partition coefficient (Wildman–Crippen LogP) is 1.52. The maximum absolute atomic E-state index is 13.2. The highest BCUT2D eigenvalue weighted by atomic mass is 19.1. The van der Waals surface area contributed by atoms with Crippen LogP contribution in [-0.2, 0) is 6.54 Å². The minimum atomic E-state index is -0.142. The van der Waals surface area contributed by atoms with Gasteiger partial charge in [-0.1, -0.05) is 18.2 Å². The smallest absolute Gasteiger partial charge is 0.127 e. The molecule has 0 fully saturated rings. The van der Waals surface area contributed by atoms with Gasteiger partial charge in [-0.25, -0.2) is 4.39 Å². The van der Waals surface area contributed by atoms with E-state index >= 15 is 0 Å². The number of likely N-dealkylation sites (N-methyl/N-ethyl adjacent to an activating group) is 1. The highest BCUT2D eigenvalue weighted by molar-refractivity contribution is 5.16. The summed E-state index contributed by atoms with van der Waals surface area (Å²) in [5, 5.41) is 6.30. The summed E-state index contributed by atoms with van der Waals surface area (Å²) in [4.78, 5) is 0. The molecule has 0 aromatic heterocycles. The lowest BCUT2D eigenvalue weighted by molar-refractivity contribution is 0.509. The van der Waals surface area contributed by atoms with E-state index < -0.39 is 0 Å². The van der Waals surface area contributed by atoms with Gasteiger partial charge in [0.1, 0.15) is 5.82 Å². The summed E-state index contributed by atoms with van der Waals surface area (Å²) in [7, 11) is 1.90. The fraction of sp³-hybridized carbons (Fsp3) is 0.455. The van der Waals surface area contributed by atoms with Crippen LogP contribution in [0, 0.1) is 5.82 Å². The average Bonchev–Trinajstić information content (AvgIpc) is 2.17. The van der Waals surface area contributed by atoms with Gasteiger partial charge in [-0.15, -0.1) is 0 Å². The SMILES string of the molecule is CNCC(C)NCc1ccccc1F. The minimum absolute atomic E-state index is 0.142. The largest absolute Gasteiger partial charge is 0.318 e. The molecule has 0 bridgehead atoms. The van der Waals surface area contributed by atoms with Crippen LogP contribution in [0.4, 0.5) is 4.39 Å². The van der Waals surface area contributed by atoms with Gasteiger partial charge in [0.2, 0.25) is 0 Å². The summed E-state index contributed by atoms with van der Waals surface area (Å²) in [6.45, 7) is 3.53. The molecule has 2 nitrogen and oxygen atoms in total. The summed E-state index contributed by atoms with van der Waals surface area (Å²) >= 11 is 0. The van der Waals surface area contributed by atoms with Crippen LogP contribution in [-0.4, -0.2) is 19.6 Å². The predicted molar refractivity (Wildman–Crippen MR) is 56.6 cm³/mol.